The molecule has 0 bridgehead atoms. The van der Waals surface area contributed by atoms with Gasteiger partial charge >= 0.3 is 0 Å². The van der Waals surface area contributed by atoms with Gasteiger partial charge in [-0.2, -0.15) is 4.31 Å². The van der Waals surface area contributed by atoms with Gasteiger partial charge in [-0.25, -0.2) is 13.4 Å². The van der Waals surface area contributed by atoms with Crippen molar-refractivity contribution < 1.29 is 13.2 Å². The van der Waals surface area contributed by atoms with Crippen molar-refractivity contribution in [1.29, 1.82) is 0 Å². The van der Waals surface area contributed by atoms with E-state index >= 15 is 0 Å². The van der Waals surface area contributed by atoms with Gasteiger partial charge in [-0.05, 0) is 57.2 Å². The Hall–Kier alpha value is -2.19. The highest BCUT2D eigenvalue weighted by atomic mass is 32.2. The maximum atomic E-state index is 13.5. The number of fused-ring (bicyclic) bond motifs is 2. The molecule has 1 aliphatic heterocycles. The van der Waals surface area contributed by atoms with Gasteiger partial charge in [0.05, 0.1) is 12.8 Å². The Morgan fingerprint density at radius 1 is 1.25 bits per heavy atom. The van der Waals surface area contributed by atoms with Crippen molar-refractivity contribution in [2.45, 2.75) is 49.8 Å². The minimum atomic E-state index is -3.72. The molecule has 1 saturated heterocycles. The second kappa shape index (κ2) is 6.70. The van der Waals surface area contributed by atoms with Crippen LogP contribution in [0.5, 0.6) is 5.75 Å². The molecule has 1 aromatic carbocycles. The molecule has 0 radical (unpaired) electrons. The maximum absolute atomic E-state index is 13.5. The summed E-state index contributed by atoms with van der Waals surface area (Å²) in [6.45, 7) is 4.43. The van der Waals surface area contributed by atoms with Crippen LogP contribution in [0.25, 0.3) is 0 Å². The van der Waals surface area contributed by atoms with Crippen LogP contribution >= 0.6 is 0 Å². The number of benzene rings is 1. The summed E-state index contributed by atoms with van der Waals surface area (Å²) in [6.07, 6.45) is 2.96. The SMILES string of the molecule is COc1ccc(C)cc1S(=O)(=O)N1CCCC2(CCc3c2nc(C)[nH]c3=O)C1. The Kier molecular flexibility index (Phi) is 4.58. The summed E-state index contributed by atoms with van der Waals surface area (Å²) in [7, 11) is -2.24. The van der Waals surface area contributed by atoms with Crippen LogP contribution in [-0.4, -0.2) is 42.9 Å². The van der Waals surface area contributed by atoms with E-state index in [1.54, 1.807) is 23.4 Å². The predicted octanol–water partition coefficient (Wildman–Crippen LogP) is 2.06. The van der Waals surface area contributed by atoms with Gasteiger partial charge < -0.3 is 9.72 Å². The van der Waals surface area contributed by atoms with Gasteiger partial charge in [0, 0.05) is 24.1 Å². The highest BCUT2D eigenvalue weighted by Gasteiger charge is 2.47. The number of ether oxygens (including phenoxy) is 1. The average Bonchev–Trinajstić information content (AvgIpc) is 3.00. The molecular formula is C20H25N3O4S. The van der Waals surface area contributed by atoms with E-state index in [9.17, 15) is 13.2 Å². The molecule has 7 nitrogen and oxygen atoms in total. The number of aryl methyl sites for hydroxylation is 2. The fraction of sp³-hybridized carbons (Fsp3) is 0.500. The van der Waals surface area contributed by atoms with E-state index in [1.165, 1.54) is 7.11 Å². The molecule has 0 saturated carbocycles. The summed E-state index contributed by atoms with van der Waals surface area (Å²) in [5, 5.41) is 0. The number of H-pyrrole nitrogens is 1. The van der Waals surface area contributed by atoms with Crippen LogP contribution in [0.4, 0.5) is 0 Å². The number of hydrogen-bond donors (Lipinski definition) is 1. The Morgan fingerprint density at radius 2 is 2.04 bits per heavy atom. The van der Waals surface area contributed by atoms with Gasteiger partial charge in [0.2, 0.25) is 10.0 Å². The molecule has 1 unspecified atom stereocenters. The first kappa shape index (κ1) is 19.1. The average molecular weight is 404 g/mol. The second-order valence-corrected chi connectivity index (χ2v) is 9.76. The fourth-order valence-electron chi connectivity index (χ4n) is 4.58. The van der Waals surface area contributed by atoms with Gasteiger partial charge in [0.1, 0.15) is 16.5 Å². The number of methoxy groups -OCH3 is 1. The molecule has 1 N–H and O–H groups in total. The Morgan fingerprint density at radius 3 is 2.79 bits per heavy atom. The first-order chi connectivity index (χ1) is 13.3. The normalized spacial score (nSPS) is 22.4. The molecule has 2 heterocycles. The summed E-state index contributed by atoms with van der Waals surface area (Å²) in [6, 6.07) is 5.18. The molecule has 4 rings (SSSR count). The highest BCUT2D eigenvalue weighted by molar-refractivity contribution is 7.89. The van der Waals surface area contributed by atoms with Crippen LogP contribution in [0, 0.1) is 13.8 Å². The number of nitrogens with zero attached hydrogens (tertiary/aromatic N) is 2. The lowest BCUT2D eigenvalue weighted by molar-refractivity contribution is 0.219. The molecule has 2 aromatic rings. The van der Waals surface area contributed by atoms with Crippen LogP contribution < -0.4 is 10.3 Å². The summed E-state index contributed by atoms with van der Waals surface area (Å²) in [5.74, 6) is 0.924. The van der Waals surface area contributed by atoms with E-state index in [0.29, 0.717) is 36.6 Å². The Bertz CT molecular complexity index is 1090. The van der Waals surface area contributed by atoms with Gasteiger partial charge in [0.15, 0.2) is 0 Å². The quantitative estimate of drug-likeness (QED) is 0.847. The molecule has 1 aliphatic carbocycles. The third kappa shape index (κ3) is 2.95. The predicted molar refractivity (Wildman–Crippen MR) is 105 cm³/mol. The van der Waals surface area contributed by atoms with Gasteiger partial charge in [-0.1, -0.05) is 6.07 Å². The van der Waals surface area contributed by atoms with Gasteiger partial charge in [-0.3, -0.25) is 4.79 Å². The van der Waals surface area contributed by atoms with E-state index in [0.717, 1.165) is 30.5 Å². The fourth-order valence-corrected chi connectivity index (χ4v) is 6.39. The zero-order chi connectivity index (χ0) is 20.1. The third-order valence-electron chi connectivity index (χ3n) is 5.97. The molecule has 1 atom stereocenters. The van der Waals surface area contributed by atoms with Gasteiger partial charge in [0.25, 0.3) is 5.56 Å². The lowest BCUT2D eigenvalue weighted by atomic mass is 9.78. The van der Waals surface area contributed by atoms with Crippen LogP contribution in [0.15, 0.2) is 27.9 Å². The van der Waals surface area contributed by atoms with Crippen LogP contribution in [0.2, 0.25) is 0 Å². The number of aromatic nitrogens is 2. The van der Waals surface area contributed by atoms with Crippen molar-refractivity contribution in [1.82, 2.24) is 14.3 Å². The topological polar surface area (TPSA) is 92.4 Å². The van der Waals surface area contributed by atoms with Crippen molar-refractivity contribution in [2.75, 3.05) is 20.2 Å². The van der Waals surface area contributed by atoms with E-state index in [4.69, 9.17) is 4.74 Å². The second-order valence-electron chi connectivity index (χ2n) is 7.86. The number of aromatic amines is 1. The highest BCUT2D eigenvalue weighted by Crippen LogP contribution is 2.44. The van der Waals surface area contributed by atoms with E-state index in [-0.39, 0.29) is 10.5 Å². The molecule has 28 heavy (non-hydrogen) atoms. The minimum absolute atomic E-state index is 0.0975. The number of sulfonamides is 1. The largest absolute Gasteiger partial charge is 0.495 e. The molecule has 1 fully saturated rings. The first-order valence-corrected chi connectivity index (χ1v) is 11.0. The standard InChI is InChI=1S/C20H25N3O4S/c1-13-5-6-16(27-3)17(11-13)28(25,26)23-10-4-8-20(12-23)9-7-15-18(20)21-14(2)22-19(15)24/h5-6,11H,4,7-10,12H2,1-3H3,(H,21,22,24). The number of rotatable bonds is 3. The van der Waals surface area contributed by atoms with Crippen molar-refractivity contribution in [3.8, 4) is 5.75 Å². The lowest BCUT2D eigenvalue weighted by Gasteiger charge is -2.39. The van der Waals surface area contributed by atoms with Crippen molar-refractivity contribution in [3.05, 3.63) is 51.2 Å². The number of nitrogens with one attached hydrogen (secondary N) is 1. The molecule has 1 spiro atoms. The molecule has 8 heteroatoms. The van der Waals surface area contributed by atoms with E-state index in [2.05, 4.69) is 9.97 Å². The maximum Gasteiger partial charge on any atom is 0.254 e. The van der Waals surface area contributed by atoms with Crippen LogP contribution in [-0.2, 0) is 21.9 Å². The number of piperidine rings is 1. The molecule has 150 valence electrons. The van der Waals surface area contributed by atoms with Crippen molar-refractivity contribution >= 4 is 10.0 Å². The zero-order valence-electron chi connectivity index (χ0n) is 16.4. The lowest BCUT2D eigenvalue weighted by Crippen LogP contribution is -2.48. The zero-order valence-corrected chi connectivity index (χ0v) is 17.2. The Balaban J connectivity index is 1.75. The summed E-state index contributed by atoms with van der Waals surface area (Å²) in [5.41, 5.74) is 1.86. The summed E-state index contributed by atoms with van der Waals surface area (Å²) < 4.78 is 33.8. The number of hydrogen-bond acceptors (Lipinski definition) is 5. The van der Waals surface area contributed by atoms with E-state index < -0.39 is 15.4 Å². The minimum Gasteiger partial charge on any atom is -0.495 e. The monoisotopic (exact) mass is 403 g/mol. The van der Waals surface area contributed by atoms with E-state index in [1.807, 2.05) is 13.0 Å². The first-order valence-electron chi connectivity index (χ1n) is 9.52. The molecular weight excluding hydrogens is 378 g/mol. The molecule has 1 aromatic heterocycles. The Labute approximate surface area is 164 Å². The molecule has 2 aliphatic rings. The van der Waals surface area contributed by atoms with Crippen molar-refractivity contribution in [3.63, 3.8) is 0 Å². The molecule has 0 amide bonds. The summed E-state index contributed by atoms with van der Waals surface area (Å²) >= 11 is 0. The van der Waals surface area contributed by atoms with Crippen LogP contribution in [0.3, 0.4) is 0 Å². The third-order valence-corrected chi connectivity index (χ3v) is 7.83. The van der Waals surface area contributed by atoms with Crippen LogP contribution in [0.1, 0.15) is 41.9 Å². The van der Waals surface area contributed by atoms with Crippen molar-refractivity contribution in [2.24, 2.45) is 0 Å². The smallest absolute Gasteiger partial charge is 0.254 e. The summed E-state index contributed by atoms with van der Waals surface area (Å²) in [4.78, 5) is 19.9. The van der Waals surface area contributed by atoms with Gasteiger partial charge in [-0.15, -0.1) is 0 Å².